The molecule has 3 aromatic rings. The van der Waals surface area contributed by atoms with Crippen molar-refractivity contribution in [3.63, 3.8) is 0 Å². The largest absolute Gasteiger partial charge is 0.361 e. The smallest absolute Gasteiger partial charge is 0.242 e. The van der Waals surface area contributed by atoms with Gasteiger partial charge in [0.15, 0.2) is 0 Å². The molecule has 2 amide bonds. The van der Waals surface area contributed by atoms with Crippen molar-refractivity contribution < 1.29 is 9.59 Å². The average Bonchev–Trinajstić information content (AvgIpc) is 3.11. The van der Waals surface area contributed by atoms with Crippen LogP contribution in [0.25, 0.3) is 10.9 Å². The van der Waals surface area contributed by atoms with Crippen molar-refractivity contribution >= 4 is 34.3 Å². The summed E-state index contributed by atoms with van der Waals surface area (Å²) in [7, 11) is 3.88. The van der Waals surface area contributed by atoms with E-state index in [4.69, 9.17) is 11.6 Å². The van der Waals surface area contributed by atoms with Crippen LogP contribution >= 0.6 is 11.6 Å². The van der Waals surface area contributed by atoms with E-state index >= 15 is 0 Å². The summed E-state index contributed by atoms with van der Waals surface area (Å²) in [6, 6.07) is 14.7. The lowest BCUT2D eigenvalue weighted by Crippen LogP contribution is -2.49. The Bertz CT molecular complexity index is 1030. The number of nitrogens with zero attached hydrogens (tertiary/aromatic N) is 1. The molecule has 0 saturated heterocycles. The first kappa shape index (κ1) is 21.9. The molecule has 0 radical (unpaired) electrons. The third-order valence-electron chi connectivity index (χ3n) is 5.15. The third kappa shape index (κ3) is 5.20. The van der Waals surface area contributed by atoms with Crippen molar-refractivity contribution in [1.82, 2.24) is 20.5 Å². The highest BCUT2D eigenvalue weighted by molar-refractivity contribution is 6.31. The number of fused-ring (bicyclic) bond motifs is 1. The minimum atomic E-state index is -0.671. The molecule has 7 heteroatoms. The summed E-state index contributed by atoms with van der Waals surface area (Å²) in [6.07, 6.45) is 2.29. The van der Waals surface area contributed by atoms with Crippen LogP contribution < -0.4 is 10.6 Å². The molecule has 30 heavy (non-hydrogen) atoms. The Morgan fingerprint density at radius 3 is 2.50 bits per heavy atom. The fourth-order valence-corrected chi connectivity index (χ4v) is 3.87. The summed E-state index contributed by atoms with van der Waals surface area (Å²) < 4.78 is 0. The SMILES string of the molecule is CC(=O)N[C@H](Cc1c[nH]c2ccccc12)C(=O)NC[C@H](c1ccccc1Cl)N(C)C. The molecule has 3 rings (SSSR count). The fraction of sp³-hybridized carbons (Fsp3) is 0.304. The van der Waals surface area contributed by atoms with Gasteiger partial charge in [-0.05, 0) is 37.4 Å². The topological polar surface area (TPSA) is 77.2 Å². The van der Waals surface area contributed by atoms with Crippen molar-refractivity contribution in [3.05, 3.63) is 70.9 Å². The van der Waals surface area contributed by atoms with Gasteiger partial charge in [0.25, 0.3) is 0 Å². The Hall–Kier alpha value is -2.83. The molecule has 1 aromatic heterocycles. The molecule has 1 heterocycles. The van der Waals surface area contributed by atoms with Gasteiger partial charge in [0, 0.05) is 42.0 Å². The minimum Gasteiger partial charge on any atom is -0.361 e. The number of carbonyl (C=O) groups excluding carboxylic acids is 2. The van der Waals surface area contributed by atoms with Gasteiger partial charge in [0.1, 0.15) is 6.04 Å². The van der Waals surface area contributed by atoms with E-state index in [1.54, 1.807) is 0 Å². The van der Waals surface area contributed by atoms with Crippen LogP contribution in [0.1, 0.15) is 24.1 Å². The minimum absolute atomic E-state index is 0.0892. The second-order valence-electron chi connectivity index (χ2n) is 7.56. The van der Waals surface area contributed by atoms with E-state index < -0.39 is 6.04 Å². The number of halogens is 1. The summed E-state index contributed by atoms with van der Waals surface area (Å²) in [6.45, 7) is 1.79. The van der Waals surface area contributed by atoms with E-state index in [1.165, 1.54) is 6.92 Å². The van der Waals surface area contributed by atoms with Crippen LogP contribution in [0.5, 0.6) is 0 Å². The Morgan fingerprint density at radius 2 is 1.80 bits per heavy atom. The fourth-order valence-electron chi connectivity index (χ4n) is 3.61. The van der Waals surface area contributed by atoms with Crippen molar-refractivity contribution in [2.45, 2.75) is 25.4 Å². The van der Waals surface area contributed by atoms with Crippen LogP contribution in [-0.2, 0) is 16.0 Å². The van der Waals surface area contributed by atoms with Gasteiger partial charge in [-0.25, -0.2) is 0 Å². The molecule has 0 fully saturated rings. The van der Waals surface area contributed by atoms with Gasteiger partial charge in [0.05, 0.1) is 6.04 Å². The lowest BCUT2D eigenvalue weighted by molar-refractivity contribution is -0.128. The molecular formula is C23H27ClN4O2. The Balaban J connectivity index is 1.75. The van der Waals surface area contributed by atoms with Crippen molar-refractivity contribution in [2.24, 2.45) is 0 Å². The highest BCUT2D eigenvalue weighted by Gasteiger charge is 2.24. The maximum atomic E-state index is 13.0. The molecule has 0 aliphatic rings. The Kier molecular flexibility index (Phi) is 7.13. The number of rotatable bonds is 8. The zero-order chi connectivity index (χ0) is 21.7. The molecule has 0 unspecified atom stereocenters. The Labute approximate surface area is 181 Å². The number of benzene rings is 2. The molecule has 2 aromatic carbocycles. The van der Waals surface area contributed by atoms with Gasteiger partial charge in [-0.15, -0.1) is 0 Å². The van der Waals surface area contributed by atoms with E-state index in [0.29, 0.717) is 18.0 Å². The van der Waals surface area contributed by atoms with E-state index in [0.717, 1.165) is 22.0 Å². The molecule has 0 saturated carbocycles. The highest BCUT2D eigenvalue weighted by Crippen LogP contribution is 2.25. The third-order valence-corrected chi connectivity index (χ3v) is 5.49. The molecule has 0 aliphatic heterocycles. The molecule has 0 bridgehead atoms. The van der Waals surface area contributed by atoms with Crippen molar-refractivity contribution in [1.29, 1.82) is 0 Å². The van der Waals surface area contributed by atoms with Crippen molar-refractivity contribution in [3.8, 4) is 0 Å². The first-order valence-corrected chi connectivity index (χ1v) is 10.2. The number of aromatic nitrogens is 1. The van der Waals surface area contributed by atoms with E-state index in [-0.39, 0.29) is 17.9 Å². The molecular weight excluding hydrogens is 400 g/mol. The maximum absolute atomic E-state index is 13.0. The predicted octanol–water partition coefficient (Wildman–Crippen LogP) is 3.29. The molecule has 3 N–H and O–H groups in total. The number of aromatic amines is 1. The van der Waals surface area contributed by atoms with Crippen LogP contribution in [-0.4, -0.2) is 48.4 Å². The van der Waals surface area contributed by atoms with E-state index in [2.05, 4.69) is 15.6 Å². The van der Waals surface area contributed by atoms with Crippen LogP contribution in [0.15, 0.2) is 54.7 Å². The summed E-state index contributed by atoms with van der Waals surface area (Å²) in [4.78, 5) is 30.0. The van der Waals surface area contributed by atoms with Crippen LogP contribution in [0.4, 0.5) is 0 Å². The van der Waals surface area contributed by atoms with E-state index in [9.17, 15) is 9.59 Å². The summed E-state index contributed by atoms with van der Waals surface area (Å²) >= 11 is 6.36. The first-order chi connectivity index (χ1) is 14.4. The number of hydrogen-bond acceptors (Lipinski definition) is 3. The van der Waals surface area contributed by atoms with Crippen molar-refractivity contribution in [2.75, 3.05) is 20.6 Å². The molecule has 2 atom stereocenters. The number of carbonyl (C=O) groups is 2. The lowest BCUT2D eigenvalue weighted by Gasteiger charge is -2.27. The quantitative estimate of drug-likeness (QED) is 0.517. The van der Waals surface area contributed by atoms with Crippen LogP contribution in [0, 0.1) is 0 Å². The monoisotopic (exact) mass is 426 g/mol. The Morgan fingerprint density at radius 1 is 1.10 bits per heavy atom. The number of nitrogens with one attached hydrogen (secondary N) is 3. The van der Waals surface area contributed by atoms with Gasteiger partial charge < -0.3 is 20.5 Å². The number of H-pyrrole nitrogens is 1. The summed E-state index contributed by atoms with van der Waals surface area (Å²) in [5, 5.41) is 7.47. The van der Waals surface area contributed by atoms with Gasteiger partial charge in [-0.3, -0.25) is 9.59 Å². The maximum Gasteiger partial charge on any atom is 0.242 e. The van der Waals surface area contributed by atoms with E-state index in [1.807, 2.05) is 73.7 Å². The standard InChI is InChI=1S/C23H27ClN4O2/c1-15(29)27-21(12-16-13-25-20-11-7-5-8-17(16)20)23(30)26-14-22(28(2)3)18-9-4-6-10-19(18)24/h4-11,13,21-22,25H,12,14H2,1-3H3,(H,26,30)(H,27,29)/t21-,22-/m1/s1. The number of hydrogen-bond donors (Lipinski definition) is 3. The first-order valence-electron chi connectivity index (χ1n) is 9.87. The lowest BCUT2D eigenvalue weighted by atomic mass is 10.0. The van der Waals surface area contributed by atoms with Gasteiger partial charge >= 0.3 is 0 Å². The summed E-state index contributed by atoms with van der Waals surface area (Å²) in [5.41, 5.74) is 2.92. The second kappa shape index (κ2) is 9.78. The molecule has 158 valence electrons. The van der Waals surface area contributed by atoms with Gasteiger partial charge in [-0.2, -0.15) is 0 Å². The summed E-state index contributed by atoms with van der Waals surface area (Å²) in [5.74, 6) is -0.473. The molecule has 0 spiro atoms. The highest BCUT2D eigenvalue weighted by atomic mass is 35.5. The molecule has 6 nitrogen and oxygen atoms in total. The normalized spacial score (nSPS) is 13.2. The number of amides is 2. The van der Waals surface area contributed by atoms with Gasteiger partial charge in [0.2, 0.25) is 11.8 Å². The van der Waals surface area contributed by atoms with Gasteiger partial charge in [-0.1, -0.05) is 48.0 Å². The number of para-hydroxylation sites is 1. The zero-order valence-corrected chi connectivity index (χ0v) is 18.2. The second-order valence-corrected chi connectivity index (χ2v) is 7.97. The van der Waals surface area contributed by atoms with Crippen LogP contribution in [0.2, 0.25) is 5.02 Å². The average molecular weight is 427 g/mol. The van der Waals surface area contributed by atoms with Crippen LogP contribution in [0.3, 0.4) is 0 Å². The molecule has 0 aliphatic carbocycles. The zero-order valence-electron chi connectivity index (χ0n) is 17.4. The number of likely N-dealkylation sites (N-methyl/N-ethyl adjacent to an activating group) is 1. The predicted molar refractivity (Wildman–Crippen MR) is 120 cm³/mol.